The second-order valence-electron chi connectivity index (χ2n) is 8.58. The van der Waals surface area contributed by atoms with Gasteiger partial charge in [0.25, 0.3) is 0 Å². The Bertz CT molecular complexity index is 1300. The van der Waals surface area contributed by atoms with Crippen LogP contribution < -0.4 is 5.01 Å². The van der Waals surface area contributed by atoms with Crippen molar-refractivity contribution in [3.63, 3.8) is 0 Å². The quantitative estimate of drug-likeness (QED) is 0.541. The van der Waals surface area contributed by atoms with Crippen LogP contribution in [0.3, 0.4) is 0 Å². The van der Waals surface area contributed by atoms with E-state index in [1.54, 1.807) is 23.6 Å². The minimum absolute atomic E-state index is 0.182. The molecule has 0 aliphatic carbocycles. The van der Waals surface area contributed by atoms with Gasteiger partial charge in [-0.05, 0) is 29.2 Å². The van der Waals surface area contributed by atoms with Gasteiger partial charge in [0.2, 0.25) is 5.91 Å². The lowest BCUT2D eigenvalue weighted by Gasteiger charge is -2.47. The Labute approximate surface area is 207 Å². The van der Waals surface area contributed by atoms with Crippen molar-refractivity contribution >= 4 is 28.4 Å². The van der Waals surface area contributed by atoms with Gasteiger partial charge in [0.1, 0.15) is 6.04 Å². The van der Waals surface area contributed by atoms with E-state index in [1.807, 2.05) is 65.7 Å². The monoisotopic (exact) mass is 488 g/mol. The highest BCUT2D eigenvalue weighted by Gasteiger charge is 2.43. The molecule has 6 nitrogen and oxygen atoms in total. The van der Waals surface area contributed by atoms with Crippen LogP contribution in [0, 0.1) is 0 Å². The van der Waals surface area contributed by atoms with Crippen molar-refractivity contribution in [2.45, 2.75) is 25.4 Å². The normalized spacial score (nSPS) is 18.2. The number of carbonyl (C=O) groups is 2. The number of hydrogen-bond acceptors (Lipinski definition) is 4. The standard InChI is InChI=1S/C26H22N2O3.C2H6OS/c1-17(29)27-25(18-9-3-2-4-10-18)22(26(30)31)15-16-24-21-12-6-5-11-19(21)20-13-7-8-14-23(20)28(24)27;1-4(2)3/h2-15,24-25H,16H2,1H3,(H,30,31);1-2H3/t24-,25-;/m0./s1. The molecule has 0 fully saturated rings. The number of nitrogens with zero attached hydrogens (tertiary/aromatic N) is 2. The summed E-state index contributed by atoms with van der Waals surface area (Å²) in [4.78, 5) is 25.5. The summed E-state index contributed by atoms with van der Waals surface area (Å²) in [5.74, 6) is -1.22. The van der Waals surface area contributed by atoms with Crippen molar-refractivity contribution in [1.82, 2.24) is 5.01 Å². The first-order valence-corrected chi connectivity index (χ1v) is 13.3. The molecule has 0 saturated heterocycles. The van der Waals surface area contributed by atoms with Crippen LogP contribution in [0.2, 0.25) is 0 Å². The predicted molar refractivity (Wildman–Crippen MR) is 139 cm³/mol. The molecule has 0 radical (unpaired) electrons. The molecule has 2 heterocycles. The number of carboxylic acids is 1. The molecule has 1 N–H and O–H groups in total. The van der Waals surface area contributed by atoms with Crippen LogP contribution in [0.1, 0.15) is 36.6 Å². The summed E-state index contributed by atoms with van der Waals surface area (Å²) >= 11 is 0. The minimum Gasteiger partial charge on any atom is -0.478 e. The van der Waals surface area contributed by atoms with Crippen LogP contribution in [-0.2, 0) is 20.4 Å². The van der Waals surface area contributed by atoms with E-state index in [-0.39, 0.29) is 17.5 Å². The molecule has 2 atom stereocenters. The van der Waals surface area contributed by atoms with Gasteiger partial charge in [0, 0.05) is 35.8 Å². The maximum absolute atomic E-state index is 13.1. The number of benzene rings is 3. The van der Waals surface area contributed by atoms with E-state index in [0.29, 0.717) is 6.42 Å². The largest absolute Gasteiger partial charge is 0.478 e. The van der Waals surface area contributed by atoms with Crippen molar-refractivity contribution in [3.8, 4) is 11.1 Å². The van der Waals surface area contributed by atoms with Gasteiger partial charge in [-0.2, -0.15) is 0 Å². The van der Waals surface area contributed by atoms with E-state index in [9.17, 15) is 18.9 Å². The third-order valence-electron chi connectivity index (χ3n) is 6.07. The third kappa shape index (κ3) is 4.77. The van der Waals surface area contributed by atoms with Crippen LogP contribution in [0.15, 0.2) is 90.5 Å². The Kier molecular flexibility index (Phi) is 7.17. The molecule has 0 bridgehead atoms. The zero-order valence-electron chi connectivity index (χ0n) is 19.9. The minimum atomic E-state index is -1.01. The van der Waals surface area contributed by atoms with Crippen molar-refractivity contribution in [1.29, 1.82) is 0 Å². The smallest absolute Gasteiger partial charge is 0.333 e. The van der Waals surface area contributed by atoms with E-state index in [0.717, 1.165) is 27.9 Å². The van der Waals surface area contributed by atoms with Crippen molar-refractivity contribution in [2.75, 3.05) is 17.5 Å². The fourth-order valence-corrected chi connectivity index (χ4v) is 4.83. The lowest BCUT2D eigenvalue weighted by Crippen LogP contribution is -2.50. The molecule has 0 aromatic heterocycles. The van der Waals surface area contributed by atoms with Gasteiger partial charge in [-0.1, -0.05) is 78.9 Å². The van der Waals surface area contributed by atoms with Gasteiger partial charge in [-0.15, -0.1) is 0 Å². The average molecular weight is 489 g/mol. The van der Waals surface area contributed by atoms with Crippen molar-refractivity contribution in [3.05, 3.63) is 102 Å². The summed E-state index contributed by atoms with van der Waals surface area (Å²) in [6.45, 7) is 1.50. The van der Waals surface area contributed by atoms with Crippen LogP contribution in [0.5, 0.6) is 0 Å². The molecule has 3 aromatic carbocycles. The maximum atomic E-state index is 13.1. The molecule has 0 unspecified atom stereocenters. The molecule has 2 aliphatic heterocycles. The van der Waals surface area contributed by atoms with E-state index in [4.69, 9.17) is 0 Å². The first-order valence-electron chi connectivity index (χ1n) is 11.3. The van der Waals surface area contributed by atoms with Gasteiger partial charge in [-0.25, -0.2) is 9.80 Å². The van der Waals surface area contributed by atoms with Gasteiger partial charge in [0.05, 0.1) is 17.3 Å². The number of fused-ring (bicyclic) bond motifs is 6. The highest BCUT2D eigenvalue weighted by molar-refractivity contribution is 7.83. The van der Waals surface area contributed by atoms with E-state index >= 15 is 0 Å². The second kappa shape index (κ2) is 10.3. The van der Waals surface area contributed by atoms with Gasteiger partial charge in [0.15, 0.2) is 0 Å². The Morgan fingerprint density at radius 3 is 2.09 bits per heavy atom. The molecule has 180 valence electrons. The lowest BCUT2D eigenvalue weighted by molar-refractivity contribution is -0.135. The summed E-state index contributed by atoms with van der Waals surface area (Å²) in [6.07, 6.45) is 5.55. The topological polar surface area (TPSA) is 77.9 Å². The number of anilines is 1. The summed E-state index contributed by atoms with van der Waals surface area (Å²) in [7, 11) is -0.611. The Hall–Kier alpha value is -3.71. The summed E-state index contributed by atoms with van der Waals surface area (Å²) < 4.78 is 9.56. The summed E-state index contributed by atoms with van der Waals surface area (Å²) in [5, 5.41) is 13.7. The third-order valence-corrected chi connectivity index (χ3v) is 6.07. The lowest BCUT2D eigenvalue weighted by atomic mass is 9.87. The molecule has 5 rings (SSSR count). The van der Waals surface area contributed by atoms with Crippen molar-refractivity contribution < 1.29 is 18.9 Å². The zero-order chi connectivity index (χ0) is 25.1. The first kappa shape index (κ1) is 24.4. The highest BCUT2D eigenvalue weighted by Crippen LogP contribution is 2.50. The molecule has 0 saturated carbocycles. The number of para-hydroxylation sites is 1. The molecule has 3 aromatic rings. The molecular formula is C28H28N2O4S. The fourth-order valence-electron chi connectivity index (χ4n) is 4.83. The molecular weight excluding hydrogens is 460 g/mol. The van der Waals surface area contributed by atoms with Gasteiger partial charge < -0.3 is 5.11 Å². The number of carboxylic acid groups (broad SMARTS) is 1. The molecule has 2 aliphatic rings. The number of rotatable bonds is 2. The number of carbonyl (C=O) groups excluding carboxylic acids is 1. The molecule has 1 amide bonds. The van der Waals surface area contributed by atoms with Gasteiger partial charge >= 0.3 is 5.97 Å². The zero-order valence-corrected chi connectivity index (χ0v) is 20.7. The Balaban J connectivity index is 0.000000672. The molecule has 7 heteroatoms. The predicted octanol–water partition coefficient (Wildman–Crippen LogP) is 5.13. The number of aliphatic carboxylic acids is 1. The van der Waals surface area contributed by atoms with E-state index < -0.39 is 22.8 Å². The number of hydrogen-bond donors (Lipinski definition) is 1. The molecule has 0 spiro atoms. The van der Waals surface area contributed by atoms with Crippen molar-refractivity contribution in [2.24, 2.45) is 0 Å². The van der Waals surface area contributed by atoms with Crippen LogP contribution in [0.4, 0.5) is 5.69 Å². The van der Waals surface area contributed by atoms with Gasteiger partial charge in [-0.3, -0.25) is 14.0 Å². The van der Waals surface area contributed by atoms with Crippen LogP contribution in [0.25, 0.3) is 11.1 Å². The number of amides is 1. The van der Waals surface area contributed by atoms with Crippen LogP contribution >= 0.6 is 0 Å². The highest BCUT2D eigenvalue weighted by atomic mass is 32.2. The fraction of sp³-hybridized carbons (Fsp3) is 0.214. The maximum Gasteiger partial charge on any atom is 0.333 e. The second-order valence-corrected chi connectivity index (χ2v) is 10.1. The Morgan fingerprint density at radius 2 is 1.46 bits per heavy atom. The first-order chi connectivity index (χ1) is 16.8. The number of hydrazine groups is 1. The van der Waals surface area contributed by atoms with Crippen LogP contribution in [-0.4, -0.2) is 38.7 Å². The Morgan fingerprint density at radius 1 is 0.886 bits per heavy atom. The summed E-state index contributed by atoms with van der Waals surface area (Å²) in [6, 6.07) is 24.6. The molecule has 35 heavy (non-hydrogen) atoms. The summed E-state index contributed by atoms with van der Waals surface area (Å²) in [5.41, 5.74) is 5.12. The van der Waals surface area contributed by atoms with E-state index in [2.05, 4.69) is 18.2 Å². The SMILES string of the molecule is CC(=O)N1[C@@H](c2ccccc2)C(C(=O)O)=CC[C@H]2c3ccccc3-c3ccccc3N21.CS(C)=O. The average Bonchev–Trinajstić information content (AvgIpc) is 3.02. The van der Waals surface area contributed by atoms with E-state index in [1.165, 1.54) is 6.92 Å².